The Morgan fingerprint density at radius 3 is 2.38 bits per heavy atom. The maximum absolute atomic E-state index is 14.5. The normalized spacial score (nSPS) is 12.5. The van der Waals surface area contributed by atoms with E-state index in [1.165, 1.54) is 6.07 Å². The smallest absolute Gasteiger partial charge is 0.227 e. The molecular formula is C27H36FN3O3. The average molecular weight is 470 g/mol. The van der Waals surface area contributed by atoms with Crippen LogP contribution in [0.4, 0.5) is 4.39 Å². The second-order valence-electron chi connectivity index (χ2n) is 8.77. The maximum atomic E-state index is 14.5. The van der Waals surface area contributed by atoms with Crippen molar-refractivity contribution in [1.29, 1.82) is 0 Å². The Bertz CT molecular complexity index is 1020. The van der Waals surface area contributed by atoms with Crippen LogP contribution in [-0.2, 0) is 17.7 Å². The molecule has 1 atom stereocenters. The number of nitrogens with zero attached hydrogens (tertiary/aromatic N) is 3. The molecule has 1 heterocycles. The third-order valence-electron chi connectivity index (χ3n) is 5.39. The van der Waals surface area contributed by atoms with Gasteiger partial charge in [-0.2, -0.15) is 5.10 Å². The van der Waals surface area contributed by atoms with E-state index in [0.717, 1.165) is 23.5 Å². The van der Waals surface area contributed by atoms with Crippen molar-refractivity contribution in [3.05, 3.63) is 71.7 Å². The Labute approximate surface area is 201 Å². The molecule has 0 aliphatic rings. The van der Waals surface area contributed by atoms with E-state index < -0.39 is 11.9 Å². The highest BCUT2D eigenvalue weighted by Crippen LogP contribution is 2.33. The van der Waals surface area contributed by atoms with E-state index >= 15 is 0 Å². The number of hydrogen-bond donors (Lipinski definition) is 1. The van der Waals surface area contributed by atoms with Crippen LogP contribution in [-0.4, -0.2) is 52.2 Å². The lowest BCUT2D eigenvalue weighted by Crippen LogP contribution is -2.37. The monoisotopic (exact) mass is 469 g/mol. The standard InChI is InChI=1S/C27H36FN3O3/c1-5-25-23(18-30(16-20(3)4)17-22(32)19-33-6-2)27(34-26-15-11-10-14-24(26)28)31(29-25)21-12-8-7-9-13-21/h7-15,20,22,32H,5-6,16-19H2,1-4H3/t22-/m0/s1. The number of para-hydroxylation sites is 2. The second kappa shape index (κ2) is 12.6. The maximum Gasteiger partial charge on any atom is 0.227 e. The van der Waals surface area contributed by atoms with Crippen molar-refractivity contribution in [2.75, 3.05) is 26.3 Å². The number of hydrogen-bond acceptors (Lipinski definition) is 5. The van der Waals surface area contributed by atoms with E-state index in [-0.39, 0.29) is 12.4 Å². The summed E-state index contributed by atoms with van der Waals surface area (Å²) in [4.78, 5) is 2.19. The fraction of sp³-hybridized carbons (Fsp3) is 0.444. The van der Waals surface area contributed by atoms with Crippen molar-refractivity contribution in [1.82, 2.24) is 14.7 Å². The van der Waals surface area contributed by atoms with E-state index in [9.17, 15) is 9.50 Å². The molecule has 3 rings (SSSR count). The van der Waals surface area contributed by atoms with Crippen LogP contribution in [0, 0.1) is 11.7 Å². The minimum atomic E-state index is -0.608. The molecule has 3 aromatic rings. The highest BCUT2D eigenvalue weighted by atomic mass is 19.1. The summed E-state index contributed by atoms with van der Waals surface area (Å²) in [6.45, 7) is 10.8. The fourth-order valence-corrected chi connectivity index (χ4v) is 3.95. The Morgan fingerprint density at radius 2 is 1.74 bits per heavy atom. The Kier molecular flexibility index (Phi) is 9.62. The van der Waals surface area contributed by atoms with Crippen LogP contribution in [0.5, 0.6) is 11.6 Å². The predicted molar refractivity (Wildman–Crippen MR) is 132 cm³/mol. The summed E-state index contributed by atoms with van der Waals surface area (Å²) < 4.78 is 27.9. The number of aliphatic hydroxyl groups excluding tert-OH is 1. The van der Waals surface area contributed by atoms with Gasteiger partial charge >= 0.3 is 0 Å². The molecule has 0 bridgehead atoms. The molecule has 1 aromatic heterocycles. The lowest BCUT2D eigenvalue weighted by Gasteiger charge is -2.27. The van der Waals surface area contributed by atoms with Crippen LogP contribution in [0.2, 0.25) is 0 Å². The van der Waals surface area contributed by atoms with Crippen LogP contribution in [0.3, 0.4) is 0 Å². The zero-order chi connectivity index (χ0) is 24.5. The zero-order valence-electron chi connectivity index (χ0n) is 20.6. The molecular weight excluding hydrogens is 433 g/mol. The average Bonchev–Trinajstić information content (AvgIpc) is 3.16. The zero-order valence-corrected chi connectivity index (χ0v) is 20.6. The molecule has 7 heteroatoms. The Hall–Kier alpha value is -2.74. The second-order valence-corrected chi connectivity index (χ2v) is 8.77. The summed E-state index contributed by atoms with van der Waals surface area (Å²) >= 11 is 0. The highest BCUT2D eigenvalue weighted by molar-refractivity contribution is 5.44. The lowest BCUT2D eigenvalue weighted by molar-refractivity contribution is 0.0173. The molecule has 0 saturated heterocycles. The van der Waals surface area contributed by atoms with Gasteiger partial charge in [0.05, 0.1) is 29.7 Å². The molecule has 34 heavy (non-hydrogen) atoms. The number of ether oxygens (including phenoxy) is 2. The summed E-state index contributed by atoms with van der Waals surface area (Å²) in [6.07, 6.45) is 0.0867. The van der Waals surface area contributed by atoms with Crippen molar-refractivity contribution < 1.29 is 19.0 Å². The Morgan fingerprint density at radius 1 is 1.03 bits per heavy atom. The van der Waals surface area contributed by atoms with Crippen molar-refractivity contribution in [2.24, 2.45) is 5.92 Å². The molecule has 0 aliphatic carbocycles. The molecule has 0 saturated carbocycles. The first kappa shape index (κ1) is 25.9. The number of halogens is 1. The molecule has 0 unspecified atom stereocenters. The van der Waals surface area contributed by atoms with Crippen molar-refractivity contribution in [3.8, 4) is 17.3 Å². The largest absolute Gasteiger partial charge is 0.435 e. The van der Waals surface area contributed by atoms with Crippen LogP contribution in [0.15, 0.2) is 54.6 Å². The molecule has 6 nitrogen and oxygen atoms in total. The first-order valence-corrected chi connectivity index (χ1v) is 12.0. The molecule has 184 valence electrons. The van der Waals surface area contributed by atoms with Crippen LogP contribution >= 0.6 is 0 Å². The van der Waals surface area contributed by atoms with Crippen LogP contribution < -0.4 is 4.74 Å². The van der Waals surface area contributed by atoms with Gasteiger partial charge in [-0.25, -0.2) is 9.07 Å². The van der Waals surface area contributed by atoms with Gasteiger partial charge in [-0.15, -0.1) is 0 Å². The number of benzene rings is 2. The van der Waals surface area contributed by atoms with E-state index in [4.69, 9.17) is 14.6 Å². The predicted octanol–water partition coefficient (Wildman–Crippen LogP) is 5.22. The van der Waals surface area contributed by atoms with Gasteiger partial charge < -0.3 is 14.6 Å². The first-order valence-electron chi connectivity index (χ1n) is 12.0. The summed E-state index contributed by atoms with van der Waals surface area (Å²) in [5.41, 5.74) is 2.60. The minimum Gasteiger partial charge on any atom is -0.435 e. The van der Waals surface area contributed by atoms with Gasteiger partial charge in [0, 0.05) is 26.2 Å². The van der Waals surface area contributed by atoms with Gasteiger partial charge in [0.15, 0.2) is 11.6 Å². The summed E-state index contributed by atoms with van der Waals surface area (Å²) in [5, 5.41) is 15.4. The highest BCUT2D eigenvalue weighted by Gasteiger charge is 2.24. The molecule has 2 aromatic carbocycles. The first-order chi connectivity index (χ1) is 16.4. The van der Waals surface area contributed by atoms with Crippen LogP contribution in [0.25, 0.3) is 5.69 Å². The topological polar surface area (TPSA) is 59.8 Å². The van der Waals surface area contributed by atoms with Gasteiger partial charge in [-0.1, -0.05) is 51.1 Å². The SMILES string of the molecule is CCOC[C@@H](O)CN(Cc1c(CC)nn(-c2ccccc2)c1Oc1ccccc1F)CC(C)C. The number of rotatable bonds is 13. The lowest BCUT2D eigenvalue weighted by atomic mass is 10.1. The van der Waals surface area contributed by atoms with E-state index in [1.54, 1.807) is 22.9 Å². The number of aryl methyl sites for hydroxylation is 1. The third-order valence-corrected chi connectivity index (χ3v) is 5.39. The number of aliphatic hydroxyl groups is 1. The molecule has 0 fully saturated rings. The van der Waals surface area contributed by atoms with E-state index in [0.29, 0.717) is 37.9 Å². The van der Waals surface area contributed by atoms with Gasteiger partial charge in [0.2, 0.25) is 5.88 Å². The van der Waals surface area contributed by atoms with Crippen molar-refractivity contribution in [3.63, 3.8) is 0 Å². The number of aromatic nitrogens is 2. The van der Waals surface area contributed by atoms with Crippen molar-refractivity contribution >= 4 is 0 Å². The van der Waals surface area contributed by atoms with E-state index in [1.807, 2.05) is 44.2 Å². The molecule has 0 radical (unpaired) electrons. The molecule has 1 N–H and O–H groups in total. The van der Waals surface area contributed by atoms with E-state index in [2.05, 4.69) is 18.7 Å². The van der Waals surface area contributed by atoms with Crippen LogP contribution in [0.1, 0.15) is 39.0 Å². The quantitative estimate of drug-likeness (QED) is 0.372. The minimum absolute atomic E-state index is 0.148. The van der Waals surface area contributed by atoms with Gasteiger partial charge in [-0.05, 0) is 43.5 Å². The molecule has 0 amide bonds. The van der Waals surface area contributed by atoms with Gasteiger partial charge in [-0.3, -0.25) is 4.90 Å². The summed E-state index contributed by atoms with van der Waals surface area (Å²) in [6, 6.07) is 16.1. The van der Waals surface area contributed by atoms with Gasteiger partial charge in [0.1, 0.15) is 0 Å². The van der Waals surface area contributed by atoms with Crippen molar-refractivity contribution in [2.45, 2.75) is 46.8 Å². The molecule has 0 spiro atoms. The summed E-state index contributed by atoms with van der Waals surface area (Å²) in [7, 11) is 0. The summed E-state index contributed by atoms with van der Waals surface area (Å²) in [5.74, 6) is 0.597. The fourth-order valence-electron chi connectivity index (χ4n) is 3.95. The van der Waals surface area contributed by atoms with Gasteiger partial charge in [0.25, 0.3) is 0 Å². The third kappa shape index (κ3) is 6.88. The Balaban J connectivity index is 2.02. The molecule has 0 aliphatic heterocycles.